The number of hydrogen-bond acceptors (Lipinski definition) is 2. The Hall–Kier alpha value is -0.500. The molecule has 1 unspecified atom stereocenters. The molecule has 2 nitrogen and oxygen atoms in total. The maximum Gasteiger partial charge on any atom is 0.120 e. The predicted octanol–water partition coefficient (Wildman–Crippen LogP) is 1.70. The highest BCUT2D eigenvalue weighted by Gasteiger charge is 2.22. The molecule has 0 aromatic carbocycles. The van der Waals surface area contributed by atoms with Crippen LogP contribution in [0.4, 0.5) is 0 Å². The summed E-state index contributed by atoms with van der Waals surface area (Å²) >= 11 is 0. The molecule has 0 aliphatic heterocycles. The Morgan fingerprint density at radius 3 is 2.40 bits per heavy atom. The van der Waals surface area contributed by atoms with Gasteiger partial charge in [0.05, 0.1) is 6.61 Å². The molecule has 60 valence electrons. The Morgan fingerprint density at radius 1 is 1.60 bits per heavy atom. The van der Waals surface area contributed by atoms with Crippen molar-refractivity contribution in [2.24, 2.45) is 0 Å². The molecule has 0 aliphatic carbocycles. The summed E-state index contributed by atoms with van der Waals surface area (Å²) in [5.41, 5.74) is -0.865. The van der Waals surface area contributed by atoms with Crippen molar-refractivity contribution in [1.29, 1.82) is 0 Å². The van der Waals surface area contributed by atoms with Crippen molar-refractivity contribution in [2.75, 3.05) is 6.61 Å². The Bertz CT molecular complexity index is 116. The quantitative estimate of drug-likeness (QED) is 0.608. The summed E-state index contributed by atoms with van der Waals surface area (Å²) < 4.78 is 5.05. The highest BCUT2D eigenvalue weighted by atomic mass is 16.5. The van der Waals surface area contributed by atoms with E-state index in [1.807, 2.05) is 13.8 Å². The van der Waals surface area contributed by atoms with Crippen LogP contribution in [0, 0.1) is 0 Å². The topological polar surface area (TPSA) is 29.5 Å². The second kappa shape index (κ2) is 3.62. The van der Waals surface area contributed by atoms with Crippen LogP contribution in [0.25, 0.3) is 0 Å². The highest BCUT2D eigenvalue weighted by Crippen LogP contribution is 2.18. The number of rotatable bonds is 4. The summed E-state index contributed by atoms with van der Waals surface area (Å²) in [5, 5.41) is 9.50. The van der Waals surface area contributed by atoms with E-state index in [-0.39, 0.29) is 0 Å². The van der Waals surface area contributed by atoms with Crippen LogP contribution in [0.2, 0.25) is 0 Å². The molecule has 0 saturated carbocycles. The van der Waals surface area contributed by atoms with Crippen LogP contribution in [0.1, 0.15) is 27.2 Å². The zero-order valence-electron chi connectivity index (χ0n) is 6.98. The summed E-state index contributed by atoms with van der Waals surface area (Å²) in [4.78, 5) is 0. The van der Waals surface area contributed by atoms with Gasteiger partial charge in [0.1, 0.15) is 11.4 Å². The molecule has 0 aliphatic rings. The van der Waals surface area contributed by atoms with Crippen LogP contribution in [0.5, 0.6) is 0 Å². The molecule has 0 amide bonds. The monoisotopic (exact) mass is 144 g/mol. The zero-order chi connectivity index (χ0) is 8.20. The van der Waals surface area contributed by atoms with Crippen LogP contribution in [0.15, 0.2) is 12.3 Å². The molecule has 0 spiro atoms. The van der Waals surface area contributed by atoms with Gasteiger partial charge >= 0.3 is 0 Å². The van der Waals surface area contributed by atoms with Gasteiger partial charge in [0.15, 0.2) is 0 Å². The lowest BCUT2D eigenvalue weighted by Gasteiger charge is -2.23. The van der Waals surface area contributed by atoms with Crippen LogP contribution >= 0.6 is 0 Å². The van der Waals surface area contributed by atoms with E-state index in [0.29, 0.717) is 18.8 Å². The summed E-state index contributed by atoms with van der Waals surface area (Å²) in [7, 11) is 0. The lowest BCUT2D eigenvalue weighted by Crippen LogP contribution is -2.26. The third-order valence-corrected chi connectivity index (χ3v) is 1.61. The minimum Gasteiger partial charge on any atom is -0.496 e. The second-order valence-corrected chi connectivity index (χ2v) is 2.48. The van der Waals surface area contributed by atoms with Crippen molar-refractivity contribution >= 4 is 0 Å². The van der Waals surface area contributed by atoms with Crippen LogP contribution in [0.3, 0.4) is 0 Å². The number of aliphatic hydroxyl groups is 1. The minimum absolute atomic E-state index is 0.456. The van der Waals surface area contributed by atoms with Crippen molar-refractivity contribution in [1.82, 2.24) is 0 Å². The van der Waals surface area contributed by atoms with Crippen molar-refractivity contribution in [3.63, 3.8) is 0 Å². The Labute approximate surface area is 62.5 Å². The first-order valence-corrected chi connectivity index (χ1v) is 3.59. The van der Waals surface area contributed by atoms with Crippen LogP contribution in [-0.2, 0) is 4.74 Å². The van der Waals surface area contributed by atoms with E-state index in [2.05, 4.69) is 6.58 Å². The molecular weight excluding hydrogens is 128 g/mol. The van der Waals surface area contributed by atoms with E-state index in [4.69, 9.17) is 4.74 Å². The standard InChI is InChI=1S/C8H16O2/c1-5-8(4,9)7(3)10-6-2/h9H,3,5-6H2,1-2,4H3. The second-order valence-electron chi connectivity index (χ2n) is 2.48. The van der Waals surface area contributed by atoms with Gasteiger partial charge in [-0.25, -0.2) is 0 Å². The van der Waals surface area contributed by atoms with E-state index in [1.54, 1.807) is 6.92 Å². The smallest absolute Gasteiger partial charge is 0.120 e. The summed E-state index contributed by atoms with van der Waals surface area (Å²) in [6.45, 7) is 9.64. The van der Waals surface area contributed by atoms with Crippen molar-refractivity contribution in [2.45, 2.75) is 32.8 Å². The lowest BCUT2D eigenvalue weighted by atomic mass is 10.0. The van der Waals surface area contributed by atoms with Gasteiger partial charge in [0, 0.05) is 0 Å². The van der Waals surface area contributed by atoms with Gasteiger partial charge in [-0.05, 0) is 20.3 Å². The third-order valence-electron chi connectivity index (χ3n) is 1.61. The van der Waals surface area contributed by atoms with Gasteiger partial charge in [-0.15, -0.1) is 0 Å². The average molecular weight is 144 g/mol. The average Bonchev–Trinajstić information content (AvgIpc) is 1.89. The highest BCUT2D eigenvalue weighted by molar-refractivity contribution is 5.01. The van der Waals surface area contributed by atoms with Crippen LogP contribution in [-0.4, -0.2) is 17.3 Å². The molecule has 1 N–H and O–H groups in total. The van der Waals surface area contributed by atoms with Gasteiger partial charge < -0.3 is 9.84 Å². The van der Waals surface area contributed by atoms with Crippen molar-refractivity contribution in [3.8, 4) is 0 Å². The molecule has 0 aromatic heterocycles. The molecule has 10 heavy (non-hydrogen) atoms. The molecule has 0 radical (unpaired) electrons. The fraction of sp³-hybridized carbons (Fsp3) is 0.750. The molecule has 0 rings (SSSR count). The third kappa shape index (κ3) is 2.40. The summed E-state index contributed by atoms with van der Waals surface area (Å²) in [6, 6.07) is 0. The van der Waals surface area contributed by atoms with Gasteiger partial charge in [-0.3, -0.25) is 0 Å². The van der Waals surface area contributed by atoms with E-state index < -0.39 is 5.60 Å². The maximum absolute atomic E-state index is 9.50. The first kappa shape index (κ1) is 9.50. The Morgan fingerprint density at radius 2 is 2.10 bits per heavy atom. The van der Waals surface area contributed by atoms with E-state index >= 15 is 0 Å². The first-order valence-electron chi connectivity index (χ1n) is 3.59. The van der Waals surface area contributed by atoms with Gasteiger partial charge in [0.25, 0.3) is 0 Å². The molecule has 1 atom stereocenters. The minimum atomic E-state index is -0.865. The predicted molar refractivity (Wildman–Crippen MR) is 41.7 cm³/mol. The van der Waals surface area contributed by atoms with Crippen molar-refractivity contribution in [3.05, 3.63) is 12.3 Å². The molecule has 0 heterocycles. The summed E-state index contributed by atoms with van der Waals surface area (Å²) in [6.07, 6.45) is 0.631. The molecule has 0 saturated heterocycles. The van der Waals surface area contributed by atoms with Crippen LogP contribution < -0.4 is 0 Å². The maximum atomic E-state index is 9.50. The SMILES string of the molecule is C=C(OCC)C(C)(O)CC. The molecule has 0 aromatic rings. The van der Waals surface area contributed by atoms with Gasteiger partial charge in [-0.2, -0.15) is 0 Å². The zero-order valence-corrected chi connectivity index (χ0v) is 6.98. The van der Waals surface area contributed by atoms with E-state index in [1.165, 1.54) is 0 Å². The molecule has 0 bridgehead atoms. The fourth-order valence-corrected chi connectivity index (χ4v) is 0.527. The normalized spacial score (nSPS) is 16.0. The van der Waals surface area contributed by atoms with Gasteiger partial charge in [0.2, 0.25) is 0 Å². The van der Waals surface area contributed by atoms with E-state index in [0.717, 1.165) is 0 Å². The Balaban J connectivity index is 3.91. The molecule has 0 fully saturated rings. The largest absolute Gasteiger partial charge is 0.496 e. The summed E-state index contributed by atoms with van der Waals surface area (Å²) in [5.74, 6) is 0.456. The number of ether oxygens (including phenoxy) is 1. The number of hydrogen-bond donors (Lipinski definition) is 1. The first-order chi connectivity index (χ1) is 4.54. The van der Waals surface area contributed by atoms with E-state index in [9.17, 15) is 5.11 Å². The lowest BCUT2D eigenvalue weighted by molar-refractivity contribution is 0.0257. The Kier molecular flexibility index (Phi) is 3.43. The fourth-order valence-electron chi connectivity index (χ4n) is 0.527. The molecule has 2 heteroatoms. The molecular formula is C8H16O2. The van der Waals surface area contributed by atoms with Crippen molar-refractivity contribution < 1.29 is 9.84 Å². The van der Waals surface area contributed by atoms with Gasteiger partial charge in [-0.1, -0.05) is 13.5 Å².